The van der Waals surface area contributed by atoms with E-state index in [0.717, 1.165) is 16.7 Å². The number of halogens is 2. The fourth-order valence-electron chi connectivity index (χ4n) is 1.97. The third-order valence-electron chi connectivity index (χ3n) is 2.83. The fraction of sp³-hybridized carbons (Fsp3) is 0.200. The second kappa shape index (κ2) is 5.72. The fourth-order valence-corrected chi connectivity index (χ4v) is 2.44. The molecular formula is C15H15Cl2NO. The Balaban J connectivity index is 2.19. The van der Waals surface area contributed by atoms with Crippen LogP contribution in [0, 0.1) is 13.8 Å². The van der Waals surface area contributed by atoms with Gasteiger partial charge in [0.25, 0.3) is 0 Å². The van der Waals surface area contributed by atoms with Gasteiger partial charge in [0.05, 0.1) is 5.69 Å². The van der Waals surface area contributed by atoms with Gasteiger partial charge in [-0.2, -0.15) is 0 Å². The van der Waals surface area contributed by atoms with Crippen molar-refractivity contribution < 1.29 is 4.74 Å². The van der Waals surface area contributed by atoms with Crippen LogP contribution in [0.25, 0.3) is 0 Å². The zero-order chi connectivity index (χ0) is 14.0. The molecule has 0 heterocycles. The van der Waals surface area contributed by atoms with Crippen LogP contribution in [0.2, 0.25) is 10.0 Å². The number of rotatable bonds is 3. The zero-order valence-corrected chi connectivity index (χ0v) is 12.3. The first-order chi connectivity index (χ1) is 8.97. The van der Waals surface area contributed by atoms with Crippen LogP contribution in [0.15, 0.2) is 30.3 Å². The second-order valence-corrected chi connectivity index (χ2v) is 5.37. The molecule has 2 aromatic rings. The largest absolute Gasteiger partial charge is 0.486 e. The molecule has 100 valence electrons. The zero-order valence-electron chi connectivity index (χ0n) is 10.8. The summed E-state index contributed by atoms with van der Waals surface area (Å²) in [6.45, 7) is 4.34. The molecule has 19 heavy (non-hydrogen) atoms. The molecule has 4 heteroatoms. The van der Waals surface area contributed by atoms with Crippen molar-refractivity contribution >= 4 is 28.9 Å². The molecule has 2 nitrogen and oxygen atoms in total. The summed E-state index contributed by atoms with van der Waals surface area (Å²) in [5.74, 6) is 0.705. The lowest BCUT2D eigenvalue weighted by Gasteiger charge is -2.13. The molecule has 2 aromatic carbocycles. The van der Waals surface area contributed by atoms with E-state index in [0.29, 0.717) is 28.1 Å². The van der Waals surface area contributed by atoms with E-state index < -0.39 is 0 Å². The maximum Gasteiger partial charge on any atom is 0.145 e. The molecule has 0 aliphatic carbocycles. The van der Waals surface area contributed by atoms with Crippen molar-refractivity contribution in [1.82, 2.24) is 0 Å². The molecule has 0 bridgehead atoms. The Morgan fingerprint density at radius 2 is 1.84 bits per heavy atom. The van der Waals surface area contributed by atoms with Crippen LogP contribution in [0.3, 0.4) is 0 Å². The minimum Gasteiger partial charge on any atom is -0.486 e. The number of aryl methyl sites for hydroxylation is 2. The molecule has 0 amide bonds. The van der Waals surface area contributed by atoms with E-state index in [1.54, 1.807) is 12.1 Å². The van der Waals surface area contributed by atoms with E-state index in [2.05, 4.69) is 0 Å². The van der Waals surface area contributed by atoms with Gasteiger partial charge in [0.2, 0.25) is 0 Å². The Morgan fingerprint density at radius 3 is 2.47 bits per heavy atom. The molecule has 0 saturated heterocycles. The van der Waals surface area contributed by atoms with Crippen molar-refractivity contribution in [3.63, 3.8) is 0 Å². The molecule has 0 saturated carbocycles. The number of anilines is 1. The predicted molar refractivity (Wildman–Crippen MR) is 81.1 cm³/mol. The molecule has 0 fully saturated rings. The highest BCUT2D eigenvalue weighted by Gasteiger charge is 2.08. The molecule has 0 spiro atoms. The van der Waals surface area contributed by atoms with Gasteiger partial charge in [0, 0.05) is 15.6 Å². The van der Waals surface area contributed by atoms with Crippen molar-refractivity contribution in [1.29, 1.82) is 0 Å². The van der Waals surface area contributed by atoms with Crippen LogP contribution < -0.4 is 10.5 Å². The number of hydrogen-bond donors (Lipinski definition) is 1. The van der Waals surface area contributed by atoms with Gasteiger partial charge in [-0.25, -0.2) is 0 Å². The number of hydrogen-bond acceptors (Lipinski definition) is 2. The summed E-state index contributed by atoms with van der Waals surface area (Å²) < 4.78 is 5.78. The number of nitrogen functional groups attached to an aromatic ring is 1. The minimum absolute atomic E-state index is 0.365. The standard InChI is InChI=1S/C15H15Cl2NO/c1-9-5-10(2)15(14(18)6-9)19-8-11-3-4-12(16)7-13(11)17/h3-7H,8,18H2,1-2H3. The lowest BCUT2D eigenvalue weighted by molar-refractivity contribution is 0.306. The smallest absolute Gasteiger partial charge is 0.145 e. The van der Waals surface area contributed by atoms with Crippen LogP contribution in [-0.2, 0) is 6.61 Å². The van der Waals surface area contributed by atoms with Crippen LogP contribution in [0.5, 0.6) is 5.75 Å². The van der Waals surface area contributed by atoms with E-state index >= 15 is 0 Å². The molecule has 2 rings (SSSR count). The molecule has 0 aliphatic heterocycles. The molecule has 0 radical (unpaired) electrons. The summed E-state index contributed by atoms with van der Waals surface area (Å²) in [7, 11) is 0. The van der Waals surface area contributed by atoms with Crippen molar-refractivity contribution in [2.75, 3.05) is 5.73 Å². The van der Waals surface area contributed by atoms with Gasteiger partial charge in [-0.05, 0) is 43.2 Å². The second-order valence-electron chi connectivity index (χ2n) is 4.52. The maximum atomic E-state index is 6.10. The minimum atomic E-state index is 0.365. The number of benzene rings is 2. The molecule has 2 N–H and O–H groups in total. The highest BCUT2D eigenvalue weighted by Crippen LogP contribution is 2.29. The van der Waals surface area contributed by atoms with E-state index in [1.165, 1.54) is 0 Å². The first-order valence-electron chi connectivity index (χ1n) is 5.91. The third kappa shape index (κ3) is 3.34. The van der Waals surface area contributed by atoms with Crippen molar-refractivity contribution in [2.45, 2.75) is 20.5 Å². The number of nitrogens with two attached hydrogens (primary N) is 1. The van der Waals surface area contributed by atoms with Crippen molar-refractivity contribution in [3.8, 4) is 5.75 Å². The summed E-state index contributed by atoms with van der Waals surface area (Å²) in [6, 6.07) is 9.27. The average molecular weight is 296 g/mol. The Labute approximate surface area is 123 Å². The molecule has 0 atom stereocenters. The third-order valence-corrected chi connectivity index (χ3v) is 3.42. The monoisotopic (exact) mass is 295 g/mol. The maximum absolute atomic E-state index is 6.10. The van der Waals surface area contributed by atoms with Gasteiger partial charge in [-0.3, -0.25) is 0 Å². The molecule has 0 aliphatic rings. The summed E-state index contributed by atoms with van der Waals surface area (Å²) in [6.07, 6.45) is 0. The molecule has 0 unspecified atom stereocenters. The SMILES string of the molecule is Cc1cc(C)c(OCc2ccc(Cl)cc2Cl)c(N)c1. The Kier molecular flexibility index (Phi) is 4.23. The van der Waals surface area contributed by atoms with Crippen LogP contribution >= 0.6 is 23.2 Å². The van der Waals surface area contributed by atoms with Gasteiger partial charge < -0.3 is 10.5 Å². The lowest BCUT2D eigenvalue weighted by Crippen LogP contribution is -2.01. The van der Waals surface area contributed by atoms with E-state index in [4.69, 9.17) is 33.7 Å². The first-order valence-corrected chi connectivity index (χ1v) is 6.66. The summed E-state index contributed by atoms with van der Waals surface area (Å²) in [5.41, 5.74) is 9.62. The van der Waals surface area contributed by atoms with Crippen LogP contribution in [0.4, 0.5) is 5.69 Å². The summed E-state index contributed by atoms with van der Waals surface area (Å²) >= 11 is 12.0. The van der Waals surface area contributed by atoms with Gasteiger partial charge >= 0.3 is 0 Å². The van der Waals surface area contributed by atoms with Crippen molar-refractivity contribution in [2.24, 2.45) is 0 Å². The Hall–Kier alpha value is -1.38. The van der Waals surface area contributed by atoms with Crippen LogP contribution in [0.1, 0.15) is 16.7 Å². The van der Waals surface area contributed by atoms with E-state index in [9.17, 15) is 0 Å². The quantitative estimate of drug-likeness (QED) is 0.828. The van der Waals surface area contributed by atoms with Gasteiger partial charge in [0.1, 0.15) is 12.4 Å². The van der Waals surface area contributed by atoms with Crippen LogP contribution in [-0.4, -0.2) is 0 Å². The topological polar surface area (TPSA) is 35.2 Å². The first kappa shape index (κ1) is 14.0. The Morgan fingerprint density at radius 1 is 1.11 bits per heavy atom. The summed E-state index contributed by atoms with van der Waals surface area (Å²) in [5, 5.41) is 1.20. The highest BCUT2D eigenvalue weighted by atomic mass is 35.5. The summed E-state index contributed by atoms with van der Waals surface area (Å²) in [4.78, 5) is 0. The normalized spacial score (nSPS) is 10.5. The predicted octanol–water partition coefficient (Wildman–Crippen LogP) is 4.77. The average Bonchev–Trinajstić information content (AvgIpc) is 2.30. The van der Waals surface area contributed by atoms with Gasteiger partial charge in [0.15, 0.2) is 0 Å². The molecular weight excluding hydrogens is 281 g/mol. The van der Waals surface area contributed by atoms with E-state index in [1.807, 2.05) is 32.0 Å². The lowest BCUT2D eigenvalue weighted by atomic mass is 10.1. The Bertz CT molecular complexity index is 588. The number of ether oxygens (including phenoxy) is 1. The van der Waals surface area contributed by atoms with Crippen molar-refractivity contribution in [3.05, 3.63) is 57.1 Å². The van der Waals surface area contributed by atoms with Gasteiger partial charge in [-0.1, -0.05) is 35.3 Å². The highest BCUT2D eigenvalue weighted by molar-refractivity contribution is 6.35. The van der Waals surface area contributed by atoms with Gasteiger partial charge in [-0.15, -0.1) is 0 Å². The van der Waals surface area contributed by atoms with E-state index in [-0.39, 0.29) is 0 Å². The molecule has 0 aromatic heterocycles.